The monoisotopic (exact) mass is 403 g/mol. The Kier molecular flexibility index (Phi) is 6.77. The van der Waals surface area contributed by atoms with E-state index < -0.39 is 6.61 Å². The fourth-order valence-corrected chi connectivity index (χ4v) is 3.07. The Bertz CT molecular complexity index is 1020. The predicted molar refractivity (Wildman–Crippen MR) is 106 cm³/mol. The van der Waals surface area contributed by atoms with Gasteiger partial charge in [0.2, 0.25) is 0 Å². The van der Waals surface area contributed by atoms with Crippen LogP contribution in [0.5, 0.6) is 11.5 Å². The van der Waals surface area contributed by atoms with Crippen molar-refractivity contribution in [3.8, 4) is 11.5 Å². The Hall–Kier alpha value is -3.00. The van der Waals surface area contributed by atoms with Crippen LogP contribution in [0.2, 0.25) is 0 Å². The van der Waals surface area contributed by atoms with Crippen LogP contribution in [-0.4, -0.2) is 34.6 Å². The molecule has 8 heteroatoms. The van der Waals surface area contributed by atoms with Crippen molar-refractivity contribution >= 4 is 10.9 Å². The number of H-pyrrole nitrogens is 1. The average Bonchev–Trinajstić information content (AvgIpc) is 2.69. The maximum absolute atomic E-state index is 12.6. The molecule has 0 aliphatic heterocycles. The van der Waals surface area contributed by atoms with Crippen LogP contribution in [0, 0.1) is 0 Å². The number of fused-ring (bicyclic) bond motifs is 1. The van der Waals surface area contributed by atoms with Crippen LogP contribution in [-0.2, 0) is 13.1 Å². The zero-order valence-corrected chi connectivity index (χ0v) is 16.3. The van der Waals surface area contributed by atoms with Crippen LogP contribution in [0.15, 0.2) is 47.3 Å². The minimum Gasteiger partial charge on any atom is -0.490 e. The number of para-hydroxylation sites is 1. The van der Waals surface area contributed by atoms with E-state index in [1.165, 1.54) is 6.07 Å². The van der Waals surface area contributed by atoms with E-state index in [1.807, 2.05) is 13.0 Å². The van der Waals surface area contributed by atoms with Crippen LogP contribution in [0.3, 0.4) is 0 Å². The van der Waals surface area contributed by atoms with Crippen molar-refractivity contribution < 1.29 is 18.3 Å². The van der Waals surface area contributed by atoms with Gasteiger partial charge in [-0.2, -0.15) is 8.78 Å². The Labute approximate surface area is 167 Å². The first-order chi connectivity index (χ1) is 14.0. The van der Waals surface area contributed by atoms with Gasteiger partial charge in [0.25, 0.3) is 5.56 Å². The normalized spacial score (nSPS) is 11.4. The number of nitrogens with one attached hydrogen (secondary N) is 1. The molecule has 0 radical (unpaired) electrons. The molecule has 0 aliphatic rings. The van der Waals surface area contributed by atoms with Crippen LogP contribution >= 0.6 is 0 Å². The molecule has 2 aromatic carbocycles. The third-order valence-corrected chi connectivity index (χ3v) is 4.41. The topological polar surface area (TPSA) is 67.5 Å². The summed E-state index contributed by atoms with van der Waals surface area (Å²) in [5, 5.41) is 0.551. The second kappa shape index (κ2) is 9.47. The van der Waals surface area contributed by atoms with Gasteiger partial charge in [-0.25, -0.2) is 4.98 Å². The van der Waals surface area contributed by atoms with Crippen molar-refractivity contribution in [1.29, 1.82) is 0 Å². The van der Waals surface area contributed by atoms with Crippen molar-refractivity contribution in [2.45, 2.75) is 33.5 Å². The number of nitrogens with zero attached hydrogens (tertiary/aromatic N) is 2. The number of ether oxygens (including phenoxy) is 2. The van der Waals surface area contributed by atoms with Crippen LogP contribution in [0.25, 0.3) is 10.9 Å². The number of hydrogen-bond acceptors (Lipinski definition) is 5. The summed E-state index contributed by atoms with van der Waals surface area (Å²) in [6.45, 7) is 2.87. The number of alkyl halides is 2. The minimum atomic E-state index is -2.91. The van der Waals surface area contributed by atoms with Gasteiger partial charge in [-0.3, -0.25) is 9.69 Å². The highest BCUT2D eigenvalue weighted by Gasteiger charge is 2.14. The molecule has 0 spiro atoms. The van der Waals surface area contributed by atoms with Crippen LogP contribution in [0.1, 0.15) is 25.2 Å². The molecule has 0 amide bonds. The second-order valence-electron chi connectivity index (χ2n) is 6.43. The SMILES string of the molecule is CCOc1cc(CN(CC)Cc2nc3ccccc3c(=O)[nH]2)ccc1OC(F)F. The molecule has 29 heavy (non-hydrogen) atoms. The van der Waals surface area contributed by atoms with E-state index in [0.717, 1.165) is 5.56 Å². The lowest BCUT2D eigenvalue weighted by atomic mass is 10.2. The van der Waals surface area contributed by atoms with Gasteiger partial charge in [0.05, 0.1) is 24.1 Å². The molecular formula is C21H23F2N3O3. The second-order valence-corrected chi connectivity index (χ2v) is 6.43. The van der Waals surface area contributed by atoms with Gasteiger partial charge in [0.1, 0.15) is 5.82 Å². The molecule has 0 aliphatic carbocycles. The molecule has 154 valence electrons. The van der Waals surface area contributed by atoms with Gasteiger partial charge in [-0.1, -0.05) is 25.1 Å². The molecular weight excluding hydrogens is 380 g/mol. The number of hydrogen-bond donors (Lipinski definition) is 1. The summed E-state index contributed by atoms with van der Waals surface area (Å²) in [5.41, 5.74) is 1.35. The first-order valence-electron chi connectivity index (χ1n) is 9.41. The predicted octanol–water partition coefficient (Wildman–Crippen LogP) is 3.95. The maximum atomic E-state index is 12.6. The Balaban J connectivity index is 1.79. The summed E-state index contributed by atoms with van der Waals surface area (Å²) in [5.74, 6) is 0.853. The van der Waals surface area contributed by atoms with Crippen molar-refractivity contribution in [2.24, 2.45) is 0 Å². The maximum Gasteiger partial charge on any atom is 0.387 e. The number of aromatic nitrogens is 2. The lowest BCUT2D eigenvalue weighted by Gasteiger charge is -2.21. The number of rotatable bonds is 9. The molecule has 6 nitrogen and oxygen atoms in total. The summed E-state index contributed by atoms with van der Waals surface area (Å²) in [4.78, 5) is 21.7. The molecule has 0 atom stereocenters. The highest BCUT2D eigenvalue weighted by molar-refractivity contribution is 5.77. The summed E-state index contributed by atoms with van der Waals surface area (Å²) in [7, 11) is 0. The van der Waals surface area contributed by atoms with Crippen LogP contribution in [0.4, 0.5) is 8.78 Å². The zero-order valence-electron chi connectivity index (χ0n) is 16.3. The third-order valence-electron chi connectivity index (χ3n) is 4.41. The number of halogens is 2. The number of aromatic amines is 1. The van der Waals surface area contributed by atoms with E-state index in [2.05, 4.69) is 19.6 Å². The van der Waals surface area contributed by atoms with Gasteiger partial charge in [0, 0.05) is 6.54 Å². The highest BCUT2D eigenvalue weighted by Crippen LogP contribution is 2.30. The minimum absolute atomic E-state index is 0.00849. The van der Waals surface area contributed by atoms with E-state index in [4.69, 9.17) is 4.74 Å². The molecule has 0 bridgehead atoms. The standard InChI is InChI=1S/C21H23F2N3O3/c1-3-26(13-19-24-16-8-6-5-7-15(16)20(27)25-19)12-14-9-10-17(29-21(22)23)18(11-14)28-4-2/h5-11,21H,3-4,12-13H2,1-2H3,(H,24,25,27). The summed E-state index contributed by atoms with van der Waals surface area (Å²) < 4.78 is 35.1. The number of benzene rings is 2. The van der Waals surface area contributed by atoms with Gasteiger partial charge in [-0.15, -0.1) is 0 Å². The van der Waals surface area contributed by atoms with Gasteiger partial charge in [0.15, 0.2) is 11.5 Å². The zero-order chi connectivity index (χ0) is 20.8. The van der Waals surface area contributed by atoms with E-state index in [1.54, 1.807) is 37.3 Å². The van der Waals surface area contributed by atoms with Crippen molar-refractivity contribution in [1.82, 2.24) is 14.9 Å². The quantitative estimate of drug-likeness (QED) is 0.586. The van der Waals surface area contributed by atoms with Gasteiger partial charge < -0.3 is 14.5 Å². The lowest BCUT2D eigenvalue weighted by molar-refractivity contribution is -0.0514. The highest BCUT2D eigenvalue weighted by atomic mass is 19.3. The smallest absolute Gasteiger partial charge is 0.387 e. The first kappa shape index (κ1) is 20.7. The third kappa shape index (κ3) is 5.29. The molecule has 0 saturated carbocycles. The molecule has 0 saturated heterocycles. The summed E-state index contributed by atoms with van der Waals surface area (Å²) in [6, 6.07) is 12.1. The fraction of sp³-hybridized carbons (Fsp3) is 0.333. The van der Waals surface area contributed by atoms with Crippen molar-refractivity contribution in [3.05, 3.63) is 64.2 Å². The van der Waals surface area contributed by atoms with Crippen molar-refractivity contribution in [3.63, 3.8) is 0 Å². The molecule has 0 fully saturated rings. The molecule has 0 unspecified atom stereocenters. The molecule has 1 aromatic heterocycles. The lowest BCUT2D eigenvalue weighted by Crippen LogP contribution is -2.25. The molecule has 3 rings (SSSR count). The van der Waals surface area contributed by atoms with Crippen molar-refractivity contribution in [2.75, 3.05) is 13.2 Å². The van der Waals surface area contributed by atoms with E-state index in [0.29, 0.717) is 43.0 Å². The van der Waals surface area contributed by atoms with Gasteiger partial charge >= 0.3 is 6.61 Å². The molecule has 3 aromatic rings. The molecule has 1 heterocycles. The Morgan fingerprint density at radius 3 is 2.62 bits per heavy atom. The van der Waals surface area contributed by atoms with E-state index in [-0.39, 0.29) is 17.1 Å². The molecule has 1 N–H and O–H groups in total. The Morgan fingerprint density at radius 2 is 1.90 bits per heavy atom. The average molecular weight is 403 g/mol. The summed E-state index contributed by atoms with van der Waals surface area (Å²) >= 11 is 0. The fourth-order valence-electron chi connectivity index (χ4n) is 3.07. The largest absolute Gasteiger partial charge is 0.490 e. The Morgan fingerprint density at radius 1 is 1.10 bits per heavy atom. The first-order valence-corrected chi connectivity index (χ1v) is 9.41. The van der Waals surface area contributed by atoms with E-state index >= 15 is 0 Å². The van der Waals surface area contributed by atoms with E-state index in [9.17, 15) is 13.6 Å². The van der Waals surface area contributed by atoms with Gasteiger partial charge in [-0.05, 0) is 43.3 Å². The van der Waals surface area contributed by atoms with Crippen LogP contribution < -0.4 is 15.0 Å². The summed E-state index contributed by atoms with van der Waals surface area (Å²) in [6.07, 6.45) is 0.